The van der Waals surface area contributed by atoms with Crippen LogP contribution in [0.15, 0.2) is 36.4 Å². The van der Waals surface area contributed by atoms with Crippen molar-refractivity contribution in [1.82, 2.24) is 0 Å². The number of ether oxygens (including phenoxy) is 1. The summed E-state index contributed by atoms with van der Waals surface area (Å²) in [7, 11) is 0. The molecule has 0 unspecified atom stereocenters. The number of benzene rings is 2. The van der Waals surface area contributed by atoms with Gasteiger partial charge in [-0.1, -0.05) is 26.8 Å². The summed E-state index contributed by atoms with van der Waals surface area (Å²) in [6.45, 7) is 6.95. The molecule has 0 heterocycles. The van der Waals surface area contributed by atoms with Crippen LogP contribution in [-0.4, -0.2) is 22.6 Å². The Balaban J connectivity index is 0.00000480. The van der Waals surface area contributed by atoms with Gasteiger partial charge >= 0.3 is 29.6 Å². The third-order valence-electron chi connectivity index (χ3n) is 4.95. The van der Waals surface area contributed by atoms with Crippen LogP contribution in [0.25, 0.3) is 0 Å². The van der Waals surface area contributed by atoms with Gasteiger partial charge < -0.3 is 19.7 Å². The van der Waals surface area contributed by atoms with Gasteiger partial charge in [0.1, 0.15) is 18.1 Å². The molecule has 6 nitrogen and oxygen atoms in total. The predicted molar refractivity (Wildman–Crippen MR) is 111 cm³/mol. The monoisotopic (exact) mass is 434 g/mol. The zero-order chi connectivity index (χ0) is 22.5. The molecular weight excluding hydrogens is 407 g/mol. The van der Waals surface area contributed by atoms with Crippen LogP contribution in [0.2, 0.25) is 0 Å². The molecule has 0 bridgehead atoms. The van der Waals surface area contributed by atoms with Crippen molar-refractivity contribution >= 4 is 17.5 Å². The summed E-state index contributed by atoms with van der Waals surface area (Å²) in [5.41, 5.74) is 1.54. The summed E-state index contributed by atoms with van der Waals surface area (Å²) in [6, 6.07) is 9.99. The normalized spacial score (nSPS) is 10.8. The number of Topliss-reactive ketones (excluding diaryl/α,β-unsaturated/α-hetero) is 2. The van der Waals surface area contributed by atoms with Gasteiger partial charge in [0.2, 0.25) is 0 Å². The third-order valence-corrected chi connectivity index (χ3v) is 4.95. The molecule has 0 aliphatic heterocycles. The third kappa shape index (κ3) is 7.49. The Kier molecular flexibility index (Phi) is 9.94. The topological polar surface area (TPSA) is 104 Å². The van der Waals surface area contributed by atoms with Gasteiger partial charge in [-0.15, -0.1) is 0 Å². The fourth-order valence-electron chi connectivity index (χ4n) is 3.38. The Morgan fingerprint density at radius 1 is 1.03 bits per heavy atom. The van der Waals surface area contributed by atoms with Crippen molar-refractivity contribution in [1.29, 1.82) is 0 Å². The second-order valence-electron chi connectivity index (χ2n) is 8.14. The molecule has 0 radical (unpaired) electrons. The van der Waals surface area contributed by atoms with Crippen LogP contribution in [0, 0.1) is 5.41 Å². The minimum absolute atomic E-state index is 0. The largest absolute Gasteiger partial charge is 1.00 e. The number of carboxylic acid groups (broad SMARTS) is 1. The Morgan fingerprint density at radius 2 is 1.65 bits per heavy atom. The minimum atomic E-state index is -1.18. The molecule has 0 aliphatic carbocycles. The summed E-state index contributed by atoms with van der Waals surface area (Å²) in [5, 5.41) is 21.1. The van der Waals surface area contributed by atoms with Gasteiger partial charge in [0.25, 0.3) is 0 Å². The Labute approximate surface area is 204 Å². The molecule has 2 aromatic rings. The van der Waals surface area contributed by atoms with E-state index in [2.05, 4.69) is 0 Å². The second kappa shape index (κ2) is 11.5. The van der Waals surface area contributed by atoms with Crippen LogP contribution >= 0.6 is 0 Å². The van der Waals surface area contributed by atoms with Crippen molar-refractivity contribution < 1.29 is 58.9 Å². The average molecular weight is 434 g/mol. The summed E-state index contributed by atoms with van der Waals surface area (Å²) in [4.78, 5) is 34.8. The van der Waals surface area contributed by atoms with Gasteiger partial charge in [-0.3, -0.25) is 9.59 Å². The standard InChI is InChI=1S/C24H28O6.Na/c1-5-19-17(8-11-20(15(2)25)23(19)29)14-30-18-9-6-16(7-10-18)21(26)12-24(3,4)13-22(27)28;/h6-11,29H,5,12-14H2,1-4H3,(H,27,28);/q;+1/p-1. The number of aromatic hydroxyl groups is 1. The summed E-state index contributed by atoms with van der Waals surface area (Å²) in [5.74, 6) is -0.974. The second-order valence-corrected chi connectivity index (χ2v) is 8.14. The number of carboxylic acids is 1. The molecule has 160 valence electrons. The van der Waals surface area contributed by atoms with E-state index in [-0.39, 0.29) is 66.3 Å². The number of phenols is 1. The predicted octanol–water partition coefficient (Wildman–Crippen LogP) is 0.479. The molecule has 31 heavy (non-hydrogen) atoms. The summed E-state index contributed by atoms with van der Waals surface area (Å²) >= 11 is 0. The van der Waals surface area contributed by atoms with E-state index in [1.165, 1.54) is 6.92 Å². The van der Waals surface area contributed by atoms with E-state index < -0.39 is 11.4 Å². The molecule has 1 N–H and O–H groups in total. The number of phenolic OH excluding ortho intramolecular Hbond substituents is 1. The molecule has 7 heteroatoms. The van der Waals surface area contributed by atoms with Crippen LogP contribution in [-0.2, 0) is 17.8 Å². The van der Waals surface area contributed by atoms with Gasteiger partial charge in [-0.2, -0.15) is 0 Å². The number of hydrogen-bond donors (Lipinski definition) is 1. The van der Waals surface area contributed by atoms with E-state index in [4.69, 9.17) is 4.74 Å². The summed E-state index contributed by atoms with van der Waals surface area (Å²) in [6.07, 6.45) is 0.471. The van der Waals surface area contributed by atoms with Gasteiger partial charge in [-0.05, 0) is 61.1 Å². The van der Waals surface area contributed by atoms with E-state index in [0.29, 0.717) is 28.9 Å². The molecular formula is C24H27NaO6. The Bertz CT molecular complexity index is 947. The van der Waals surface area contributed by atoms with Crippen LogP contribution in [0.1, 0.15) is 72.4 Å². The first-order valence-corrected chi connectivity index (χ1v) is 9.84. The zero-order valence-corrected chi connectivity index (χ0v) is 20.8. The number of carbonyl (C=O) groups excluding carboxylic acids is 3. The molecule has 0 saturated carbocycles. The fraction of sp³-hybridized carbons (Fsp3) is 0.375. The number of ketones is 2. The Morgan fingerprint density at radius 3 is 2.16 bits per heavy atom. The smallest absolute Gasteiger partial charge is 0.550 e. The maximum Gasteiger partial charge on any atom is 1.00 e. The minimum Gasteiger partial charge on any atom is -0.550 e. The number of hydrogen-bond acceptors (Lipinski definition) is 6. The molecule has 2 aromatic carbocycles. The molecule has 0 atom stereocenters. The van der Waals surface area contributed by atoms with E-state index in [0.717, 1.165) is 5.56 Å². The molecule has 0 aliphatic rings. The number of aliphatic carboxylic acids is 1. The van der Waals surface area contributed by atoms with Gasteiger partial charge in [0.15, 0.2) is 11.6 Å². The van der Waals surface area contributed by atoms with E-state index in [1.54, 1.807) is 50.2 Å². The van der Waals surface area contributed by atoms with Gasteiger partial charge in [0, 0.05) is 23.5 Å². The molecule has 0 fully saturated rings. The van der Waals surface area contributed by atoms with Crippen LogP contribution in [0.5, 0.6) is 11.5 Å². The quantitative estimate of drug-likeness (QED) is 0.431. The van der Waals surface area contributed by atoms with Crippen molar-refractivity contribution in [2.45, 2.75) is 53.6 Å². The number of rotatable bonds is 10. The SMILES string of the molecule is CCc1c(COc2ccc(C(=O)CC(C)(C)CC(=O)[O-])cc2)ccc(C(C)=O)c1O.[Na+]. The Hall–Kier alpha value is -2.15. The van der Waals surface area contributed by atoms with Crippen molar-refractivity contribution in [2.24, 2.45) is 5.41 Å². The van der Waals surface area contributed by atoms with Crippen LogP contribution < -0.4 is 39.4 Å². The molecule has 2 rings (SSSR count). The van der Waals surface area contributed by atoms with Crippen molar-refractivity contribution in [3.05, 3.63) is 58.7 Å². The van der Waals surface area contributed by atoms with Crippen molar-refractivity contribution in [2.75, 3.05) is 0 Å². The average Bonchev–Trinajstić information content (AvgIpc) is 2.65. The fourth-order valence-corrected chi connectivity index (χ4v) is 3.38. The first-order chi connectivity index (χ1) is 14.0. The number of carbonyl (C=O) groups is 3. The van der Waals surface area contributed by atoms with Gasteiger partial charge in [-0.25, -0.2) is 0 Å². The maximum atomic E-state index is 12.4. The van der Waals surface area contributed by atoms with Crippen LogP contribution in [0.3, 0.4) is 0 Å². The van der Waals surface area contributed by atoms with Crippen molar-refractivity contribution in [3.63, 3.8) is 0 Å². The first-order valence-electron chi connectivity index (χ1n) is 9.84. The van der Waals surface area contributed by atoms with E-state index >= 15 is 0 Å². The summed E-state index contributed by atoms with van der Waals surface area (Å²) < 4.78 is 5.78. The van der Waals surface area contributed by atoms with Crippen molar-refractivity contribution in [3.8, 4) is 11.5 Å². The molecule has 0 spiro atoms. The van der Waals surface area contributed by atoms with E-state index in [1.807, 2.05) is 6.92 Å². The van der Waals surface area contributed by atoms with E-state index in [9.17, 15) is 24.6 Å². The zero-order valence-electron chi connectivity index (χ0n) is 18.8. The van der Waals surface area contributed by atoms with Crippen LogP contribution in [0.4, 0.5) is 0 Å². The molecule has 0 aromatic heterocycles. The molecule has 0 amide bonds. The first kappa shape index (κ1) is 26.9. The van der Waals surface area contributed by atoms with Gasteiger partial charge in [0.05, 0.1) is 5.56 Å². The maximum absolute atomic E-state index is 12.4. The molecule has 0 saturated heterocycles.